The van der Waals surface area contributed by atoms with E-state index in [1.54, 1.807) is 29.7 Å². The maximum atomic E-state index is 12.4. The van der Waals surface area contributed by atoms with Crippen molar-refractivity contribution in [3.63, 3.8) is 0 Å². The van der Waals surface area contributed by atoms with Crippen LogP contribution in [0.3, 0.4) is 0 Å². The van der Waals surface area contributed by atoms with E-state index in [9.17, 15) is 9.59 Å². The van der Waals surface area contributed by atoms with Crippen LogP contribution in [0.25, 0.3) is 0 Å². The minimum atomic E-state index is -0.195. The quantitative estimate of drug-likeness (QED) is 0.336. The van der Waals surface area contributed by atoms with Crippen molar-refractivity contribution in [3.05, 3.63) is 12.4 Å². The number of ether oxygens (including phenoxy) is 1. The Morgan fingerprint density at radius 3 is 2.84 bits per heavy atom. The summed E-state index contributed by atoms with van der Waals surface area (Å²) >= 11 is 0. The van der Waals surface area contributed by atoms with Crippen LogP contribution in [0.5, 0.6) is 0 Å². The zero-order chi connectivity index (χ0) is 18.2. The second-order valence-corrected chi connectivity index (χ2v) is 5.72. The largest absolute Gasteiger partial charge is 0.466 e. The first-order valence-electron chi connectivity index (χ1n) is 8.45. The molecular formula is C16H26N6O3. The molecular weight excluding hydrogens is 324 g/mol. The molecule has 9 heteroatoms. The molecule has 1 aromatic rings. The van der Waals surface area contributed by atoms with Crippen LogP contribution < -0.4 is 10.2 Å². The van der Waals surface area contributed by atoms with E-state index in [2.05, 4.69) is 15.4 Å². The van der Waals surface area contributed by atoms with Crippen molar-refractivity contribution in [2.75, 3.05) is 44.7 Å². The molecule has 1 aliphatic heterocycles. The number of carbonyl (C=O) groups excluding carboxylic acids is 2. The maximum absolute atomic E-state index is 12.4. The van der Waals surface area contributed by atoms with E-state index in [4.69, 9.17) is 4.74 Å². The molecule has 2 rings (SSSR count). The predicted molar refractivity (Wildman–Crippen MR) is 94.4 cm³/mol. The van der Waals surface area contributed by atoms with E-state index in [-0.39, 0.29) is 18.4 Å². The number of nitrogens with one attached hydrogen (secondary N) is 1. The van der Waals surface area contributed by atoms with Gasteiger partial charge in [-0.25, -0.2) is 0 Å². The van der Waals surface area contributed by atoms with E-state index in [0.717, 1.165) is 5.69 Å². The zero-order valence-electron chi connectivity index (χ0n) is 15.1. The molecule has 1 N–H and O–H groups in total. The zero-order valence-corrected chi connectivity index (χ0v) is 15.1. The lowest BCUT2D eigenvalue weighted by molar-refractivity contribution is -0.143. The summed E-state index contributed by atoms with van der Waals surface area (Å²) in [7, 11) is 3.51. The van der Waals surface area contributed by atoms with Crippen LogP contribution in [-0.4, -0.2) is 72.4 Å². The monoisotopic (exact) mass is 350 g/mol. The Morgan fingerprint density at radius 2 is 2.24 bits per heavy atom. The summed E-state index contributed by atoms with van der Waals surface area (Å²) in [4.78, 5) is 31.6. The number of nitrogens with zero attached hydrogens (tertiary/aromatic N) is 5. The standard InChI is InChI=1S/C16H26N6O3/c1-4-25-15(24)6-5-7-18-16(17-2)21-8-9-22(14(23)12-21)13-10-19-20(3)11-13/h10-11H,4-9,12H2,1-3H3,(H,17,18). The Kier molecular flexibility index (Phi) is 6.79. The average Bonchev–Trinajstić information content (AvgIpc) is 3.01. The Balaban J connectivity index is 1.80. The minimum absolute atomic E-state index is 0.00808. The number of hydrogen-bond donors (Lipinski definition) is 1. The van der Waals surface area contributed by atoms with Crippen molar-refractivity contribution in [1.82, 2.24) is 20.0 Å². The molecule has 9 nitrogen and oxygen atoms in total. The Morgan fingerprint density at radius 1 is 1.44 bits per heavy atom. The third-order valence-electron chi connectivity index (χ3n) is 3.88. The van der Waals surface area contributed by atoms with Gasteiger partial charge in [0.2, 0.25) is 5.91 Å². The molecule has 0 unspecified atom stereocenters. The van der Waals surface area contributed by atoms with Gasteiger partial charge >= 0.3 is 5.97 Å². The van der Waals surface area contributed by atoms with Crippen molar-refractivity contribution in [2.45, 2.75) is 19.8 Å². The summed E-state index contributed by atoms with van der Waals surface area (Å²) in [5.41, 5.74) is 0.810. The summed E-state index contributed by atoms with van der Waals surface area (Å²) in [5, 5.41) is 7.31. The lowest BCUT2D eigenvalue weighted by Gasteiger charge is -2.35. The number of amides is 1. The predicted octanol–water partition coefficient (Wildman–Crippen LogP) is -0.0126. The second kappa shape index (κ2) is 9.05. The summed E-state index contributed by atoms with van der Waals surface area (Å²) in [6.07, 6.45) is 4.54. The topological polar surface area (TPSA) is 92.1 Å². The number of anilines is 1. The van der Waals surface area contributed by atoms with Crippen LogP contribution in [0.2, 0.25) is 0 Å². The van der Waals surface area contributed by atoms with E-state index in [0.29, 0.717) is 45.0 Å². The Bertz CT molecular complexity index is 627. The molecule has 0 aliphatic carbocycles. The van der Waals surface area contributed by atoms with Crippen molar-refractivity contribution < 1.29 is 14.3 Å². The van der Waals surface area contributed by atoms with Gasteiger partial charge in [0.25, 0.3) is 0 Å². The van der Waals surface area contributed by atoms with Crippen molar-refractivity contribution in [3.8, 4) is 0 Å². The third-order valence-corrected chi connectivity index (χ3v) is 3.88. The highest BCUT2D eigenvalue weighted by Crippen LogP contribution is 2.15. The van der Waals surface area contributed by atoms with Crippen LogP contribution in [0, 0.1) is 0 Å². The van der Waals surface area contributed by atoms with Gasteiger partial charge in [-0.3, -0.25) is 19.3 Å². The van der Waals surface area contributed by atoms with E-state index >= 15 is 0 Å². The number of aryl methyl sites for hydroxylation is 1. The first kappa shape index (κ1) is 18.8. The number of hydrogen-bond acceptors (Lipinski definition) is 5. The molecule has 0 radical (unpaired) electrons. The van der Waals surface area contributed by atoms with Gasteiger partial charge < -0.3 is 19.9 Å². The number of rotatable bonds is 6. The van der Waals surface area contributed by atoms with Crippen LogP contribution in [0.4, 0.5) is 5.69 Å². The molecule has 1 saturated heterocycles. The maximum Gasteiger partial charge on any atom is 0.305 e. The second-order valence-electron chi connectivity index (χ2n) is 5.72. The Hall–Kier alpha value is -2.58. The number of aromatic nitrogens is 2. The molecule has 1 aliphatic rings. The van der Waals surface area contributed by atoms with Crippen molar-refractivity contribution >= 4 is 23.5 Å². The van der Waals surface area contributed by atoms with Crippen LogP contribution in [0.1, 0.15) is 19.8 Å². The lowest BCUT2D eigenvalue weighted by Crippen LogP contribution is -2.55. The molecule has 2 heterocycles. The molecule has 0 bridgehead atoms. The Labute approximate surface area is 147 Å². The normalized spacial score (nSPS) is 15.5. The summed E-state index contributed by atoms with van der Waals surface area (Å²) in [5.74, 6) is 0.483. The van der Waals surface area contributed by atoms with Gasteiger partial charge in [-0.15, -0.1) is 0 Å². The van der Waals surface area contributed by atoms with Gasteiger partial charge in [0.1, 0.15) is 6.54 Å². The molecule has 1 fully saturated rings. The number of esters is 1. The fourth-order valence-electron chi connectivity index (χ4n) is 2.67. The SMILES string of the molecule is CCOC(=O)CCCNC(=NC)N1CCN(c2cnn(C)c2)C(=O)C1. The van der Waals surface area contributed by atoms with Crippen molar-refractivity contribution in [2.24, 2.45) is 12.0 Å². The highest BCUT2D eigenvalue weighted by molar-refractivity contribution is 5.98. The van der Waals surface area contributed by atoms with Crippen LogP contribution >= 0.6 is 0 Å². The first-order valence-corrected chi connectivity index (χ1v) is 8.45. The lowest BCUT2D eigenvalue weighted by atomic mass is 10.3. The number of carbonyl (C=O) groups is 2. The van der Waals surface area contributed by atoms with Gasteiger partial charge in [-0.1, -0.05) is 0 Å². The molecule has 0 aromatic carbocycles. The smallest absolute Gasteiger partial charge is 0.305 e. The molecule has 1 amide bonds. The number of aliphatic imine (C=N–C) groups is 1. The summed E-state index contributed by atoms with van der Waals surface area (Å²) in [6.45, 7) is 4.30. The fraction of sp³-hybridized carbons (Fsp3) is 0.625. The average molecular weight is 350 g/mol. The minimum Gasteiger partial charge on any atom is -0.466 e. The molecule has 25 heavy (non-hydrogen) atoms. The molecule has 0 spiro atoms. The third kappa shape index (κ3) is 5.20. The van der Waals surface area contributed by atoms with E-state index < -0.39 is 0 Å². The summed E-state index contributed by atoms with van der Waals surface area (Å²) < 4.78 is 6.58. The van der Waals surface area contributed by atoms with E-state index in [1.807, 2.05) is 18.1 Å². The first-order chi connectivity index (χ1) is 12.0. The van der Waals surface area contributed by atoms with Gasteiger partial charge in [-0.05, 0) is 13.3 Å². The van der Waals surface area contributed by atoms with Crippen LogP contribution in [0.15, 0.2) is 17.4 Å². The molecule has 138 valence electrons. The summed E-state index contributed by atoms with van der Waals surface area (Å²) in [6, 6.07) is 0. The van der Waals surface area contributed by atoms with Gasteiger partial charge in [0, 0.05) is 46.3 Å². The highest BCUT2D eigenvalue weighted by Gasteiger charge is 2.27. The van der Waals surface area contributed by atoms with Gasteiger partial charge in [0.15, 0.2) is 5.96 Å². The van der Waals surface area contributed by atoms with E-state index in [1.165, 1.54) is 0 Å². The molecule has 1 aromatic heterocycles. The number of guanidine groups is 1. The number of piperazine rings is 1. The van der Waals surface area contributed by atoms with Crippen LogP contribution in [-0.2, 0) is 21.4 Å². The van der Waals surface area contributed by atoms with Gasteiger partial charge in [-0.2, -0.15) is 5.10 Å². The highest BCUT2D eigenvalue weighted by atomic mass is 16.5. The molecule has 0 atom stereocenters. The fourth-order valence-corrected chi connectivity index (χ4v) is 2.67. The van der Waals surface area contributed by atoms with Crippen molar-refractivity contribution in [1.29, 1.82) is 0 Å². The van der Waals surface area contributed by atoms with Gasteiger partial charge in [0.05, 0.1) is 18.5 Å². The molecule has 0 saturated carbocycles.